The Hall–Kier alpha value is -5.05. The number of aliphatic hydroxyl groups is 4. The topological polar surface area (TPSA) is 270 Å². The van der Waals surface area contributed by atoms with Gasteiger partial charge in [-0.05, 0) is 489 Å². The quantitative estimate of drug-likeness (QED) is 0.0471. The van der Waals surface area contributed by atoms with Gasteiger partial charge in [-0.3, -0.25) is 23.9 Å². The Morgan fingerprint density at radius 3 is 1.06 bits per heavy atom. The lowest BCUT2D eigenvalue weighted by molar-refractivity contribution is -0.151. The zero-order chi connectivity index (χ0) is 99.5. The summed E-state index contributed by atoms with van der Waals surface area (Å²) in [7, 11) is 0. The van der Waals surface area contributed by atoms with E-state index in [0.29, 0.717) is 111 Å². The molecule has 0 radical (unpaired) electrons. The molecule has 0 spiro atoms. The summed E-state index contributed by atoms with van der Waals surface area (Å²) in [5.41, 5.74) is 6.74. The summed E-state index contributed by atoms with van der Waals surface area (Å²) >= 11 is 10.3. The number of carbonyl (C=O) groups is 4. The molecule has 800 valence electrons. The van der Waals surface area contributed by atoms with Gasteiger partial charge in [-0.25, -0.2) is 4.68 Å². The fraction of sp³-hybridized carbons (Fsp3) is 0.760. The first kappa shape index (κ1) is 113. The molecule has 16 aliphatic rings. The molecule has 16 fully saturated rings. The number of rotatable bonds is 15. The molecule has 16 saturated carbocycles. The van der Waals surface area contributed by atoms with Crippen molar-refractivity contribution in [3.8, 4) is 0 Å². The van der Waals surface area contributed by atoms with E-state index in [-0.39, 0.29) is 75.0 Å². The molecular weight excluding hydrogens is 1940 g/mol. The Balaban J connectivity index is 0.000000133. The van der Waals surface area contributed by atoms with Crippen LogP contribution in [0.25, 0.3) is 44.0 Å². The molecule has 0 saturated heterocycles. The van der Waals surface area contributed by atoms with E-state index in [1.165, 1.54) is 161 Å². The lowest BCUT2D eigenvalue weighted by atomic mass is 9.44. The highest BCUT2D eigenvalue weighted by Gasteiger charge is 2.68. The summed E-state index contributed by atoms with van der Waals surface area (Å²) in [4.78, 5) is 60.1. The van der Waals surface area contributed by atoms with Crippen molar-refractivity contribution in [2.75, 3.05) is 30.4 Å². The maximum Gasteiger partial charge on any atom is 0.159 e. The molecular formula is C121H182BrN11O8S4. The van der Waals surface area contributed by atoms with Crippen LogP contribution in [0.2, 0.25) is 0 Å². The summed E-state index contributed by atoms with van der Waals surface area (Å²) in [6.45, 7) is 29.2. The van der Waals surface area contributed by atoms with Crippen LogP contribution in [0.3, 0.4) is 0 Å². The second-order valence-electron chi connectivity index (χ2n) is 52.2. The molecule has 4 heterocycles. The average molecular weight is 2130 g/mol. The lowest BCUT2D eigenvalue weighted by Gasteiger charge is -2.61. The summed E-state index contributed by atoms with van der Waals surface area (Å²) in [6.07, 6.45) is 51.7. The summed E-state index contributed by atoms with van der Waals surface area (Å²) in [6, 6.07) is 24.8. The molecule has 0 amide bonds. The van der Waals surface area contributed by atoms with Crippen molar-refractivity contribution in [3.05, 3.63) is 79.0 Å². The number of nitrogens with zero attached hydrogens (tertiary/aromatic N) is 10. The van der Waals surface area contributed by atoms with Crippen LogP contribution in [0, 0.1) is 162 Å². The van der Waals surface area contributed by atoms with Crippen molar-refractivity contribution in [1.82, 2.24) is 55.2 Å². The van der Waals surface area contributed by atoms with Gasteiger partial charge in [0.05, 0.1) is 45.0 Å². The van der Waals surface area contributed by atoms with Crippen LogP contribution in [0.4, 0.5) is 0 Å². The number of benzene rings is 4. The highest BCUT2D eigenvalue weighted by Crippen LogP contribution is 2.74. The number of hydrogen-bond donors (Lipinski definition) is 5. The third-order valence-electron chi connectivity index (χ3n) is 45.1. The first-order valence-electron chi connectivity index (χ1n) is 55.2. The van der Waals surface area contributed by atoms with Gasteiger partial charge in [0.25, 0.3) is 0 Å². The Morgan fingerprint density at radius 2 is 0.662 bits per heavy atom. The minimum Gasteiger partial charge on any atom is -0.390 e. The van der Waals surface area contributed by atoms with Gasteiger partial charge in [-0.2, -0.15) is 35.5 Å². The number of hydrogen-bond acceptors (Lipinski definition) is 19. The maximum absolute atomic E-state index is 13.8. The molecule has 4 aromatic heterocycles. The molecule has 19 nitrogen and oxygen atoms in total. The number of carbonyl (C=O) groups excluding carboxylic acids is 4. The van der Waals surface area contributed by atoms with E-state index in [9.17, 15) is 39.6 Å². The lowest BCUT2D eigenvalue weighted by Crippen LogP contribution is -2.55. The van der Waals surface area contributed by atoms with Crippen molar-refractivity contribution in [2.45, 2.75) is 406 Å². The third-order valence-corrected chi connectivity index (χ3v) is 48.6. The first-order valence-corrected chi connectivity index (χ1v) is 61.2. The standard InChI is InChI=1S/C30H42N2O2S.2C29H41N3O2S.C22H35BrO2.C7H7N3S.4CH4/c1-28(34)13-14-29(2)20(16-28)6-8-22-23-9-10-25(30(23,3)12-11-24(22)29)27(33)18-32-26-15-21(35-4)7-5-19(26)17-31-32;1-27(34)13-14-28(2)18(16-27)5-7-20-21-8-9-23(29(21,3)12-11-22(20)28)26(33)17-32-25-10-6-19(35-4)15-24(25)30-31-32;1-27(34)13-14-28(2)18(16-27)5-7-20-21-8-9-23(29(21,3)12-11-22(20)28)26(33)17-32-30-24-10-6-19(35-4)15-25(24)31-32;1-20(25)10-11-21(2)14(12-20)4-5-15-16-6-7-18(19(24)13-23)22(16,3)9-8-17(15)21;1-11-5-2-3-6-7(4-5)9-10-8-6;;;;/h5,7,15,17,20,22-25,34H,6,8-14,16,18H2,1-4H3;2*6,10,15,18,20-23,34H,5,7-9,11-14,16-17H2,1-4H3;14-18,25H,4-13H2,1-3H3;2-4H,1H3,(H,8,9,10);4*1H4/t20-,22-,23-,24-,25+,28+,29-,30-;2*18-,20-,21-,22-,23+,27+,28-,29-;14-,15-,16-,17-,18+,20+,21-,22-;;;;;/m0000...../s1. The first-order chi connectivity index (χ1) is 67.0. The van der Waals surface area contributed by atoms with Crippen LogP contribution < -0.4 is 0 Å². The highest BCUT2D eigenvalue weighted by molar-refractivity contribution is 9.09. The van der Waals surface area contributed by atoms with E-state index in [0.717, 1.165) is 187 Å². The third kappa shape index (κ3) is 20.5. The molecule has 8 aromatic rings. The molecule has 0 aliphatic heterocycles. The SMILES string of the molecule is C.C.C.C.CSc1ccc2c(c1)nnn2CC(=O)[C@H]1CC[C@H]2[C@@H]3CC[C@H]4C[C@](C)(O)CC[C@]4(C)[C@H]3CC[C@]12C.CSc1ccc2cnn(CC(=O)[C@H]3CC[C@H]4[C@@H]5CC[C@H]6C[C@](C)(O)CC[C@]6(C)[C@H]5CC[C@]34C)c2c1.CSc1ccc2n[nH]nc2c1.CSc1ccc2nn(CC(=O)[C@H]3CC[C@H]4[C@@H]5CC[C@H]6C[C@](C)(O)CC[C@]6(C)[C@H]5CC[C@]34C)nc2c1.C[C@@]1(O)CC[C@@]2(C)[C@@H](CC[C@@H]3[C@@H]2CC[C@]2(C)[C@@H](C(=O)CBr)CC[C@@H]32)C1. The Labute approximate surface area is 894 Å². The van der Waals surface area contributed by atoms with E-state index >= 15 is 0 Å². The Kier molecular flexibility index (Phi) is 33.1. The van der Waals surface area contributed by atoms with Crippen molar-refractivity contribution in [1.29, 1.82) is 0 Å². The smallest absolute Gasteiger partial charge is 0.159 e. The number of ketones is 4. The van der Waals surface area contributed by atoms with Gasteiger partial charge in [0.1, 0.15) is 53.0 Å². The molecule has 24 heteroatoms. The predicted octanol–water partition coefficient (Wildman–Crippen LogP) is 28.6. The van der Waals surface area contributed by atoms with Crippen LogP contribution >= 0.6 is 63.0 Å². The van der Waals surface area contributed by atoms with Gasteiger partial charge in [0.15, 0.2) is 17.3 Å². The van der Waals surface area contributed by atoms with Gasteiger partial charge in [-0.1, -0.05) is 112 Å². The minimum atomic E-state index is -0.479. The van der Waals surface area contributed by atoms with E-state index in [4.69, 9.17) is 0 Å². The van der Waals surface area contributed by atoms with Gasteiger partial charge < -0.3 is 20.4 Å². The summed E-state index contributed by atoms with van der Waals surface area (Å²) in [5.74, 6) is 13.8. The summed E-state index contributed by atoms with van der Waals surface area (Å²) in [5, 5.41) is 77.6. The number of nitrogens with one attached hydrogen (secondary N) is 1. The van der Waals surface area contributed by atoms with Gasteiger partial charge in [0, 0.05) is 48.6 Å². The number of H-pyrrole nitrogens is 1. The van der Waals surface area contributed by atoms with Gasteiger partial charge in [-0.15, -0.1) is 52.1 Å². The van der Waals surface area contributed by atoms with E-state index < -0.39 is 22.4 Å². The molecule has 5 N–H and O–H groups in total. The number of Topliss-reactive ketones (excluding diaryl/α,β-unsaturated/α-hetero) is 4. The molecule has 32 atom stereocenters. The average Bonchev–Trinajstić information content (AvgIpc) is 1.64. The van der Waals surface area contributed by atoms with Crippen molar-refractivity contribution >= 4 is 130 Å². The van der Waals surface area contributed by atoms with Crippen LogP contribution in [-0.4, -0.2) is 151 Å². The van der Waals surface area contributed by atoms with Crippen LogP contribution in [0.1, 0.15) is 344 Å². The molecule has 4 aromatic carbocycles. The Bertz CT molecular complexity index is 5930. The number of thioether (sulfide) groups is 4. The number of aromatic amines is 1. The van der Waals surface area contributed by atoms with E-state index in [1.54, 1.807) is 51.8 Å². The normalized spacial score (nSPS) is 41.4. The molecule has 0 unspecified atom stereocenters. The van der Waals surface area contributed by atoms with Crippen molar-refractivity contribution in [2.24, 2.45) is 162 Å². The van der Waals surface area contributed by atoms with Gasteiger partial charge in [0.2, 0.25) is 0 Å². The zero-order valence-corrected chi connectivity index (χ0v) is 92.6. The Morgan fingerprint density at radius 1 is 0.338 bits per heavy atom. The predicted molar refractivity (Wildman–Crippen MR) is 600 cm³/mol. The number of alkyl halides is 1. The molecule has 145 heavy (non-hydrogen) atoms. The molecule has 24 rings (SSSR count). The van der Waals surface area contributed by atoms with E-state index in [1.807, 2.05) is 66.9 Å². The van der Waals surface area contributed by atoms with Crippen molar-refractivity contribution in [3.63, 3.8) is 0 Å². The van der Waals surface area contributed by atoms with Crippen LogP contribution in [-0.2, 0) is 38.8 Å². The maximum atomic E-state index is 13.8. The molecule has 16 aliphatic carbocycles. The molecule has 0 bridgehead atoms. The minimum absolute atomic E-state index is 0. The summed E-state index contributed by atoms with van der Waals surface area (Å²) < 4.78 is 3.77. The second kappa shape index (κ2) is 42.7. The van der Waals surface area contributed by atoms with Gasteiger partial charge >= 0.3 is 0 Å². The largest absolute Gasteiger partial charge is 0.390 e. The number of aromatic nitrogens is 11. The van der Waals surface area contributed by atoms with Crippen LogP contribution in [0.15, 0.2) is 98.6 Å². The highest BCUT2D eigenvalue weighted by atomic mass is 79.9. The van der Waals surface area contributed by atoms with Crippen molar-refractivity contribution < 1.29 is 39.6 Å². The fourth-order valence-electron chi connectivity index (χ4n) is 37.3. The van der Waals surface area contributed by atoms with E-state index in [2.05, 4.69) is 187 Å². The number of halogens is 1. The fourth-order valence-corrected chi connectivity index (χ4v) is 39.4. The van der Waals surface area contributed by atoms with Crippen LogP contribution in [0.5, 0.6) is 0 Å². The second-order valence-corrected chi connectivity index (χ2v) is 56.3. The monoisotopic (exact) mass is 2120 g/mol. The zero-order valence-electron chi connectivity index (χ0n) is 87.7. The number of fused-ring (bicyclic) bond motifs is 24.